The minimum Gasteiger partial charge on any atom is -0.489 e. The van der Waals surface area contributed by atoms with Crippen molar-refractivity contribution in [2.75, 3.05) is 12.4 Å². The van der Waals surface area contributed by atoms with Gasteiger partial charge >= 0.3 is 0 Å². The molecule has 6 nitrogen and oxygen atoms in total. The molecule has 0 saturated carbocycles. The molecular weight excluding hydrogens is 378 g/mol. The second kappa shape index (κ2) is 9.39. The minimum absolute atomic E-state index is 0.182. The van der Waals surface area contributed by atoms with Gasteiger partial charge in [-0.15, -0.1) is 0 Å². The fourth-order valence-corrected chi connectivity index (χ4v) is 2.93. The highest BCUT2D eigenvalue weighted by molar-refractivity contribution is 6.05. The van der Waals surface area contributed by atoms with Gasteiger partial charge in [0.05, 0.1) is 11.6 Å². The first-order valence-corrected chi connectivity index (χ1v) is 9.36. The standard InChI is InChI=1S/C24H21N3O3/c1-16-12-18(23(28)26-2)10-11-22(16)27-24(29)17-8-5-9-21(13-17)30-15-20-7-4-3-6-19(20)14-25/h3-13H,15H2,1-2H3,(H,26,28)(H,27,29). The summed E-state index contributed by atoms with van der Waals surface area (Å²) < 4.78 is 5.78. The van der Waals surface area contributed by atoms with Crippen LogP contribution in [0, 0.1) is 18.3 Å². The van der Waals surface area contributed by atoms with Gasteiger partial charge in [0.15, 0.2) is 0 Å². The van der Waals surface area contributed by atoms with E-state index in [0.717, 1.165) is 11.1 Å². The molecule has 3 rings (SSSR count). The molecule has 0 atom stereocenters. The van der Waals surface area contributed by atoms with E-state index < -0.39 is 0 Å². The van der Waals surface area contributed by atoms with Crippen LogP contribution < -0.4 is 15.4 Å². The second-order valence-corrected chi connectivity index (χ2v) is 6.65. The molecule has 30 heavy (non-hydrogen) atoms. The fraction of sp³-hybridized carbons (Fsp3) is 0.125. The molecule has 3 aromatic rings. The van der Waals surface area contributed by atoms with Crippen LogP contribution in [0.15, 0.2) is 66.7 Å². The summed E-state index contributed by atoms with van der Waals surface area (Å²) in [6.45, 7) is 2.06. The normalized spacial score (nSPS) is 10.0. The zero-order valence-corrected chi connectivity index (χ0v) is 16.7. The molecule has 150 valence electrons. The largest absolute Gasteiger partial charge is 0.489 e. The number of amides is 2. The molecule has 0 aliphatic heterocycles. The lowest BCUT2D eigenvalue weighted by molar-refractivity contribution is 0.0962. The monoisotopic (exact) mass is 399 g/mol. The van der Waals surface area contributed by atoms with Crippen molar-refractivity contribution in [3.05, 3.63) is 94.5 Å². The first-order valence-electron chi connectivity index (χ1n) is 9.36. The summed E-state index contributed by atoms with van der Waals surface area (Å²) >= 11 is 0. The number of nitrogens with one attached hydrogen (secondary N) is 2. The van der Waals surface area contributed by atoms with Crippen LogP contribution >= 0.6 is 0 Å². The number of aryl methyl sites for hydroxylation is 1. The molecule has 0 spiro atoms. The Hall–Kier alpha value is -4.11. The van der Waals surface area contributed by atoms with Gasteiger partial charge < -0.3 is 15.4 Å². The number of hydrogen-bond donors (Lipinski definition) is 2. The minimum atomic E-state index is -0.284. The number of rotatable bonds is 6. The topological polar surface area (TPSA) is 91.2 Å². The van der Waals surface area contributed by atoms with E-state index in [1.54, 1.807) is 61.6 Å². The molecule has 2 N–H and O–H groups in total. The highest BCUT2D eigenvalue weighted by atomic mass is 16.5. The molecular formula is C24H21N3O3. The lowest BCUT2D eigenvalue weighted by atomic mass is 10.1. The van der Waals surface area contributed by atoms with E-state index in [4.69, 9.17) is 4.74 Å². The van der Waals surface area contributed by atoms with Crippen LogP contribution in [-0.2, 0) is 6.61 Å². The maximum absolute atomic E-state index is 12.7. The molecule has 0 aliphatic rings. The van der Waals surface area contributed by atoms with Crippen LogP contribution in [0.5, 0.6) is 5.75 Å². The molecule has 0 saturated heterocycles. The predicted octanol–water partition coefficient (Wildman–Crippen LogP) is 4.06. The van der Waals surface area contributed by atoms with E-state index in [1.165, 1.54) is 0 Å². The Kier molecular flexibility index (Phi) is 6.46. The summed E-state index contributed by atoms with van der Waals surface area (Å²) in [4.78, 5) is 24.4. The van der Waals surface area contributed by atoms with Gasteiger partial charge in [0, 0.05) is 29.4 Å². The van der Waals surface area contributed by atoms with E-state index in [-0.39, 0.29) is 18.4 Å². The van der Waals surface area contributed by atoms with Gasteiger partial charge in [-0.2, -0.15) is 5.26 Å². The van der Waals surface area contributed by atoms with Crippen molar-refractivity contribution in [3.8, 4) is 11.8 Å². The smallest absolute Gasteiger partial charge is 0.255 e. The highest BCUT2D eigenvalue weighted by Gasteiger charge is 2.11. The molecule has 0 bridgehead atoms. The van der Waals surface area contributed by atoms with Crippen LogP contribution in [-0.4, -0.2) is 18.9 Å². The van der Waals surface area contributed by atoms with Crippen molar-refractivity contribution in [3.63, 3.8) is 0 Å². The SMILES string of the molecule is CNC(=O)c1ccc(NC(=O)c2cccc(OCc3ccccc3C#N)c2)c(C)c1. The molecule has 0 aliphatic carbocycles. The van der Waals surface area contributed by atoms with Crippen LogP contribution in [0.3, 0.4) is 0 Å². The lowest BCUT2D eigenvalue weighted by Gasteiger charge is -2.11. The van der Waals surface area contributed by atoms with Crippen LogP contribution in [0.2, 0.25) is 0 Å². The number of nitriles is 1. The van der Waals surface area contributed by atoms with Crippen LogP contribution in [0.25, 0.3) is 0 Å². The highest BCUT2D eigenvalue weighted by Crippen LogP contribution is 2.20. The van der Waals surface area contributed by atoms with E-state index in [1.807, 2.05) is 19.1 Å². The van der Waals surface area contributed by atoms with Crippen molar-refractivity contribution >= 4 is 17.5 Å². The maximum atomic E-state index is 12.7. The third kappa shape index (κ3) is 4.83. The summed E-state index contributed by atoms with van der Waals surface area (Å²) in [6, 6.07) is 21.3. The van der Waals surface area contributed by atoms with Gasteiger partial charge in [0.2, 0.25) is 0 Å². The summed E-state index contributed by atoms with van der Waals surface area (Å²) in [5.41, 5.74) is 3.72. The van der Waals surface area contributed by atoms with E-state index in [2.05, 4.69) is 16.7 Å². The summed E-state index contributed by atoms with van der Waals surface area (Å²) in [7, 11) is 1.57. The van der Waals surface area contributed by atoms with E-state index in [0.29, 0.717) is 28.1 Å². The van der Waals surface area contributed by atoms with Crippen LogP contribution in [0.1, 0.15) is 37.4 Å². The Bertz CT molecular complexity index is 1130. The van der Waals surface area contributed by atoms with E-state index >= 15 is 0 Å². The summed E-state index contributed by atoms with van der Waals surface area (Å²) in [5, 5.41) is 14.6. The van der Waals surface area contributed by atoms with Gasteiger partial charge in [0.25, 0.3) is 11.8 Å². The average Bonchev–Trinajstić information content (AvgIpc) is 2.78. The first-order chi connectivity index (χ1) is 14.5. The molecule has 6 heteroatoms. The number of carbonyl (C=O) groups excluding carboxylic acids is 2. The molecule has 0 unspecified atom stereocenters. The molecule has 2 amide bonds. The molecule has 0 radical (unpaired) electrons. The Morgan fingerprint density at radius 2 is 1.73 bits per heavy atom. The summed E-state index contributed by atoms with van der Waals surface area (Å²) in [6.07, 6.45) is 0. The Balaban J connectivity index is 1.70. The van der Waals surface area contributed by atoms with Crippen LogP contribution in [0.4, 0.5) is 5.69 Å². The molecule has 0 fully saturated rings. The van der Waals surface area contributed by atoms with Crippen molar-refractivity contribution < 1.29 is 14.3 Å². The third-order valence-electron chi connectivity index (χ3n) is 4.59. The van der Waals surface area contributed by atoms with Crippen molar-refractivity contribution in [2.24, 2.45) is 0 Å². The maximum Gasteiger partial charge on any atom is 0.255 e. The van der Waals surface area contributed by atoms with Gasteiger partial charge in [-0.1, -0.05) is 24.3 Å². The quantitative estimate of drug-likeness (QED) is 0.654. The predicted molar refractivity (Wildman–Crippen MR) is 114 cm³/mol. The fourth-order valence-electron chi connectivity index (χ4n) is 2.93. The Morgan fingerprint density at radius 1 is 0.967 bits per heavy atom. The van der Waals surface area contributed by atoms with E-state index in [9.17, 15) is 14.9 Å². The van der Waals surface area contributed by atoms with Crippen molar-refractivity contribution in [1.82, 2.24) is 5.32 Å². The second-order valence-electron chi connectivity index (χ2n) is 6.65. The van der Waals surface area contributed by atoms with Gasteiger partial charge in [-0.05, 0) is 55.0 Å². The van der Waals surface area contributed by atoms with Gasteiger partial charge in [0.1, 0.15) is 12.4 Å². The summed E-state index contributed by atoms with van der Waals surface area (Å²) in [5.74, 6) is 0.0644. The third-order valence-corrected chi connectivity index (χ3v) is 4.59. The average molecular weight is 399 g/mol. The first kappa shape index (κ1) is 20.6. The van der Waals surface area contributed by atoms with Crippen molar-refractivity contribution in [2.45, 2.75) is 13.5 Å². The zero-order valence-electron chi connectivity index (χ0n) is 16.7. The van der Waals surface area contributed by atoms with Gasteiger partial charge in [-0.3, -0.25) is 9.59 Å². The Morgan fingerprint density at radius 3 is 2.47 bits per heavy atom. The number of ether oxygens (including phenoxy) is 1. The number of nitrogens with zero attached hydrogens (tertiary/aromatic N) is 1. The number of carbonyl (C=O) groups is 2. The molecule has 3 aromatic carbocycles. The number of anilines is 1. The number of benzene rings is 3. The molecule has 0 heterocycles. The van der Waals surface area contributed by atoms with Crippen molar-refractivity contribution in [1.29, 1.82) is 5.26 Å². The zero-order chi connectivity index (χ0) is 21.5. The lowest BCUT2D eigenvalue weighted by Crippen LogP contribution is -2.18. The molecule has 0 aromatic heterocycles. The van der Waals surface area contributed by atoms with Gasteiger partial charge in [-0.25, -0.2) is 0 Å². The Labute approximate surface area is 175 Å². The number of hydrogen-bond acceptors (Lipinski definition) is 4.